The molecule has 1 heteroatoms. The van der Waals surface area contributed by atoms with Crippen molar-refractivity contribution in [3.8, 4) is 0 Å². The van der Waals surface area contributed by atoms with E-state index in [1.54, 1.807) is 0 Å². The molecule has 0 saturated heterocycles. The summed E-state index contributed by atoms with van der Waals surface area (Å²) in [5.41, 5.74) is 1.33. The van der Waals surface area contributed by atoms with Gasteiger partial charge < -0.3 is 5.11 Å². The van der Waals surface area contributed by atoms with E-state index in [1.165, 1.54) is 24.8 Å². The first-order valence-corrected chi connectivity index (χ1v) is 7.64. The first-order valence-electron chi connectivity index (χ1n) is 7.64. The van der Waals surface area contributed by atoms with E-state index in [-0.39, 0.29) is 11.5 Å². The second kappa shape index (κ2) is 6.91. The smallest absolute Gasteiger partial charge is 0.0636 e. The van der Waals surface area contributed by atoms with Crippen molar-refractivity contribution < 1.29 is 5.11 Å². The largest absolute Gasteiger partial charge is 0.392 e. The number of aliphatic hydroxyl groups excluding tert-OH is 1. The van der Waals surface area contributed by atoms with Gasteiger partial charge in [-0.15, -0.1) is 6.58 Å². The molecule has 1 aliphatic carbocycles. The minimum Gasteiger partial charge on any atom is -0.392 e. The fraction of sp³-hybridized carbons (Fsp3) is 0.556. The van der Waals surface area contributed by atoms with Crippen molar-refractivity contribution in [2.45, 2.75) is 62.9 Å². The van der Waals surface area contributed by atoms with Gasteiger partial charge in [0, 0.05) is 5.41 Å². The van der Waals surface area contributed by atoms with E-state index in [0.29, 0.717) is 0 Å². The van der Waals surface area contributed by atoms with Crippen LogP contribution in [0.5, 0.6) is 0 Å². The minimum absolute atomic E-state index is 0.000675. The highest BCUT2D eigenvalue weighted by atomic mass is 16.3. The van der Waals surface area contributed by atoms with Gasteiger partial charge in [0.25, 0.3) is 0 Å². The van der Waals surface area contributed by atoms with Crippen LogP contribution < -0.4 is 0 Å². The normalized spacial score (nSPS) is 19.8. The molecular weight excluding hydrogens is 232 g/mol. The monoisotopic (exact) mass is 258 g/mol. The van der Waals surface area contributed by atoms with Crippen LogP contribution in [-0.4, -0.2) is 11.2 Å². The van der Waals surface area contributed by atoms with E-state index in [0.717, 1.165) is 32.1 Å². The van der Waals surface area contributed by atoms with Crippen LogP contribution in [0.1, 0.15) is 56.9 Å². The molecule has 0 heterocycles. The molecular formula is C18H26O. The number of allylic oxidation sites excluding steroid dienone is 1. The summed E-state index contributed by atoms with van der Waals surface area (Å²) in [6, 6.07) is 10.7. The number of rotatable bonds is 6. The summed E-state index contributed by atoms with van der Waals surface area (Å²) in [5.74, 6) is 0. The standard InChI is InChI=1S/C18H26O/c1-2-3-6-13-17(19)18(14-9-5-10-15-18)16-11-7-4-8-12-16/h2,4,7-8,11-12,17,19H,1,3,5-6,9-10,13-15H2. The molecule has 0 spiro atoms. The van der Waals surface area contributed by atoms with Gasteiger partial charge in [-0.2, -0.15) is 0 Å². The molecule has 0 aliphatic heterocycles. The first kappa shape index (κ1) is 14.3. The zero-order valence-electron chi connectivity index (χ0n) is 11.9. The van der Waals surface area contributed by atoms with Gasteiger partial charge in [0.1, 0.15) is 0 Å². The van der Waals surface area contributed by atoms with Gasteiger partial charge in [0.2, 0.25) is 0 Å². The van der Waals surface area contributed by atoms with Crippen LogP contribution in [0.4, 0.5) is 0 Å². The number of unbranched alkanes of at least 4 members (excludes halogenated alkanes) is 1. The highest BCUT2D eigenvalue weighted by Crippen LogP contribution is 2.43. The van der Waals surface area contributed by atoms with E-state index < -0.39 is 0 Å². The molecule has 2 rings (SSSR count). The van der Waals surface area contributed by atoms with Crippen LogP contribution in [-0.2, 0) is 5.41 Å². The minimum atomic E-state index is -0.213. The summed E-state index contributed by atoms with van der Waals surface area (Å²) in [7, 11) is 0. The zero-order chi connectivity index (χ0) is 13.6. The Morgan fingerprint density at radius 1 is 1.16 bits per heavy atom. The van der Waals surface area contributed by atoms with E-state index in [1.807, 2.05) is 6.08 Å². The Kier molecular flexibility index (Phi) is 5.21. The zero-order valence-corrected chi connectivity index (χ0v) is 11.9. The third-order valence-electron chi connectivity index (χ3n) is 4.62. The molecule has 1 aliphatic rings. The molecule has 1 atom stereocenters. The lowest BCUT2D eigenvalue weighted by atomic mass is 9.65. The molecule has 0 radical (unpaired) electrons. The van der Waals surface area contributed by atoms with E-state index in [9.17, 15) is 5.11 Å². The third-order valence-corrected chi connectivity index (χ3v) is 4.62. The molecule has 1 aromatic rings. The average Bonchev–Trinajstić information content (AvgIpc) is 2.49. The second-order valence-electron chi connectivity index (χ2n) is 5.82. The average molecular weight is 258 g/mol. The quantitative estimate of drug-likeness (QED) is 0.584. The van der Waals surface area contributed by atoms with Crippen molar-refractivity contribution in [2.75, 3.05) is 0 Å². The molecule has 1 nitrogen and oxygen atoms in total. The lowest BCUT2D eigenvalue weighted by Crippen LogP contribution is -2.41. The molecule has 104 valence electrons. The van der Waals surface area contributed by atoms with Crippen molar-refractivity contribution in [3.63, 3.8) is 0 Å². The van der Waals surface area contributed by atoms with E-state index in [4.69, 9.17) is 0 Å². The summed E-state index contributed by atoms with van der Waals surface area (Å²) >= 11 is 0. The third kappa shape index (κ3) is 3.27. The van der Waals surface area contributed by atoms with Crippen molar-refractivity contribution in [1.29, 1.82) is 0 Å². The van der Waals surface area contributed by atoms with Gasteiger partial charge in [-0.25, -0.2) is 0 Å². The van der Waals surface area contributed by atoms with Crippen LogP contribution in [0, 0.1) is 0 Å². The van der Waals surface area contributed by atoms with Gasteiger partial charge in [-0.1, -0.05) is 55.7 Å². The van der Waals surface area contributed by atoms with Crippen LogP contribution in [0.15, 0.2) is 43.0 Å². The maximum absolute atomic E-state index is 10.8. The Hall–Kier alpha value is -1.08. The van der Waals surface area contributed by atoms with E-state index in [2.05, 4.69) is 36.9 Å². The number of hydrogen-bond acceptors (Lipinski definition) is 1. The van der Waals surface area contributed by atoms with Crippen LogP contribution in [0.25, 0.3) is 0 Å². The maximum Gasteiger partial charge on any atom is 0.0636 e. The fourth-order valence-electron chi connectivity index (χ4n) is 3.50. The molecule has 0 aromatic heterocycles. The predicted octanol–water partition coefficient (Wildman–Crippen LogP) is 4.61. The number of benzene rings is 1. The Bertz CT molecular complexity index is 376. The Morgan fingerprint density at radius 3 is 2.47 bits per heavy atom. The molecule has 1 aromatic carbocycles. The van der Waals surface area contributed by atoms with Gasteiger partial charge in [0.05, 0.1) is 6.10 Å². The molecule has 1 saturated carbocycles. The maximum atomic E-state index is 10.8. The summed E-state index contributed by atoms with van der Waals surface area (Å²) < 4.78 is 0. The van der Waals surface area contributed by atoms with Gasteiger partial charge in [-0.3, -0.25) is 0 Å². The van der Waals surface area contributed by atoms with Gasteiger partial charge in [0.15, 0.2) is 0 Å². The summed E-state index contributed by atoms with van der Waals surface area (Å²) in [4.78, 5) is 0. The highest BCUT2D eigenvalue weighted by Gasteiger charge is 2.39. The molecule has 1 N–H and O–H groups in total. The van der Waals surface area contributed by atoms with Crippen molar-refractivity contribution in [2.24, 2.45) is 0 Å². The topological polar surface area (TPSA) is 20.2 Å². The predicted molar refractivity (Wildman–Crippen MR) is 81.3 cm³/mol. The van der Waals surface area contributed by atoms with Crippen molar-refractivity contribution >= 4 is 0 Å². The molecule has 1 unspecified atom stereocenters. The summed E-state index contributed by atoms with van der Waals surface area (Å²) in [6.45, 7) is 3.76. The summed E-state index contributed by atoms with van der Waals surface area (Å²) in [5, 5.41) is 10.8. The Morgan fingerprint density at radius 2 is 1.84 bits per heavy atom. The fourth-order valence-corrected chi connectivity index (χ4v) is 3.50. The second-order valence-corrected chi connectivity index (χ2v) is 5.82. The number of aliphatic hydroxyl groups is 1. The first-order chi connectivity index (χ1) is 9.29. The SMILES string of the molecule is C=CCCCC(O)C1(c2ccccc2)CCCCC1. The highest BCUT2D eigenvalue weighted by molar-refractivity contribution is 5.27. The molecule has 1 fully saturated rings. The Balaban J connectivity index is 2.17. The van der Waals surface area contributed by atoms with Crippen LogP contribution >= 0.6 is 0 Å². The number of hydrogen-bond donors (Lipinski definition) is 1. The molecule has 0 bridgehead atoms. The summed E-state index contributed by atoms with van der Waals surface area (Å²) in [6.07, 6.45) is 10.7. The van der Waals surface area contributed by atoms with E-state index >= 15 is 0 Å². The molecule has 0 amide bonds. The van der Waals surface area contributed by atoms with Crippen LogP contribution in [0.2, 0.25) is 0 Å². The van der Waals surface area contributed by atoms with Crippen molar-refractivity contribution in [3.05, 3.63) is 48.6 Å². The lowest BCUT2D eigenvalue weighted by molar-refractivity contribution is 0.0456. The van der Waals surface area contributed by atoms with Crippen LogP contribution in [0.3, 0.4) is 0 Å². The Labute approximate surface area is 117 Å². The van der Waals surface area contributed by atoms with Gasteiger partial charge in [-0.05, 0) is 37.7 Å². The lowest BCUT2D eigenvalue weighted by Gasteiger charge is -2.42. The molecule has 19 heavy (non-hydrogen) atoms. The van der Waals surface area contributed by atoms with Crippen molar-refractivity contribution in [1.82, 2.24) is 0 Å². The van der Waals surface area contributed by atoms with Gasteiger partial charge >= 0.3 is 0 Å².